The minimum Gasteiger partial charge on any atom is -0.345 e. The summed E-state index contributed by atoms with van der Waals surface area (Å²) < 4.78 is 27.2. The Morgan fingerprint density at radius 1 is 1.07 bits per heavy atom. The van der Waals surface area contributed by atoms with Gasteiger partial charge in [0, 0.05) is 49.3 Å². The predicted molar refractivity (Wildman–Crippen MR) is 116 cm³/mol. The fourth-order valence-corrected chi connectivity index (χ4v) is 5.64. The number of hydrogen-bond donors (Lipinski definition) is 0. The molecule has 0 saturated carbocycles. The Labute approximate surface area is 178 Å². The van der Waals surface area contributed by atoms with Gasteiger partial charge in [0.15, 0.2) is 5.13 Å². The Balaban J connectivity index is 1.46. The van der Waals surface area contributed by atoms with Crippen LogP contribution in [0.4, 0.5) is 10.8 Å². The van der Waals surface area contributed by atoms with Gasteiger partial charge in [-0.05, 0) is 13.0 Å². The molecular formula is C20H20N4O4S2. The first-order chi connectivity index (χ1) is 14.3. The Morgan fingerprint density at radius 2 is 1.77 bits per heavy atom. The molecule has 1 fully saturated rings. The summed E-state index contributed by atoms with van der Waals surface area (Å²) in [5, 5.41) is 13.8. The smallest absolute Gasteiger partial charge is 0.270 e. The van der Waals surface area contributed by atoms with E-state index in [1.54, 1.807) is 0 Å². The Kier molecular flexibility index (Phi) is 5.54. The number of piperazine rings is 1. The summed E-state index contributed by atoms with van der Waals surface area (Å²) in [5.74, 6) is 0. The molecule has 0 aliphatic carbocycles. The molecule has 8 nitrogen and oxygen atoms in total. The van der Waals surface area contributed by atoms with Crippen molar-refractivity contribution in [2.75, 3.05) is 31.1 Å². The third-order valence-corrected chi connectivity index (χ3v) is 7.81. The van der Waals surface area contributed by atoms with Gasteiger partial charge >= 0.3 is 0 Å². The summed E-state index contributed by atoms with van der Waals surface area (Å²) in [4.78, 5) is 17.1. The number of non-ortho nitro benzene ring substituents is 1. The molecule has 0 spiro atoms. The molecule has 1 aromatic heterocycles. The average Bonchev–Trinajstić information content (AvgIpc) is 3.25. The summed E-state index contributed by atoms with van der Waals surface area (Å²) in [5.41, 5.74) is 2.91. The highest BCUT2D eigenvalue weighted by molar-refractivity contribution is 7.89. The lowest BCUT2D eigenvalue weighted by atomic mass is 10.1. The molecule has 0 N–H and O–H groups in total. The van der Waals surface area contributed by atoms with Gasteiger partial charge in [0.25, 0.3) is 5.69 Å². The summed E-state index contributed by atoms with van der Waals surface area (Å²) in [6.07, 6.45) is 0. The van der Waals surface area contributed by atoms with Gasteiger partial charge in [0.2, 0.25) is 10.0 Å². The zero-order chi connectivity index (χ0) is 21.3. The summed E-state index contributed by atoms with van der Waals surface area (Å²) >= 11 is 1.54. The molecule has 0 atom stereocenters. The number of aromatic nitrogens is 1. The number of rotatable bonds is 5. The van der Waals surface area contributed by atoms with Crippen molar-refractivity contribution in [1.82, 2.24) is 9.29 Å². The van der Waals surface area contributed by atoms with Crippen molar-refractivity contribution < 1.29 is 13.3 Å². The van der Waals surface area contributed by atoms with Gasteiger partial charge in [0.1, 0.15) is 0 Å². The highest BCUT2D eigenvalue weighted by atomic mass is 32.2. The van der Waals surface area contributed by atoms with Crippen LogP contribution >= 0.6 is 11.3 Å². The largest absolute Gasteiger partial charge is 0.345 e. The van der Waals surface area contributed by atoms with Gasteiger partial charge < -0.3 is 4.90 Å². The minimum absolute atomic E-state index is 0.0546. The lowest BCUT2D eigenvalue weighted by Gasteiger charge is -2.33. The van der Waals surface area contributed by atoms with Crippen molar-refractivity contribution in [3.05, 3.63) is 69.6 Å². The van der Waals surface area contributed by atoms with Gasteiger partial charge in [-0.2, -0.15) is 4.31 Å². The number of aryl methyl sites for hydroxylation is 1. The molecule has 156 valence electrons. The van der Waals surface area contributed by atoms with Crippen LogP contribution in [-0.2, 0) is 10.0 Å². The van der Waals surface area contributed by atoms with Crippen molar-refractivity contribution in [2.24, 2.45) is 0 Å². The van der Waals surface area contributed by atoms with Crippen LogP contribution in [0.2, 0.25) is 0 Å². The monoisotopic (exact) mass is 444 g/mol. The summed E-state index contributed by atoms with van der Waals surface area (Å²) in [6, 6.07) is 13.3. The van der Waals surface area contributed by atoms with Crippen molar-refractivity contribution in [3.63, 3.8) is 0 Å². The molecule has 3 aromatic rings. The van der Waals surface area contributed by atoms with Crippen LogP contribution in [0.5, 0.6) is 0 Å². The second-order valence-corrected chi connectivity index (χ2v) is 9.80. The zero-order valence-corrected chi connectivity index (χ0v) is 17.9. The molecule has 4 rings (SSSR count). The van der Waals surface area contributed by atoms with Gasteiger partial charge in [-0.25, -0.2) is 13.4 Å². The van der Waals surface area contributed by atoms with Crippen LogP contribution in [0.1, 0.15) is 5.56 Å². The van der Waals surface area contributed by atoms with Gasteiger partial charge in [-0.1, -0.05) is 35.9 Å². The number of nitro benzene ring substituents is 1. The molecule has 0 radical (unpaired) electrons. The number of hydrogen-bond acceptors (Lipinski definition) is 7. The van der Waals surface area contributed by atoms with Crippen molar-refractivity contribution >= 4 is 32.2 Å². The molecule has 1 aliphatic heterocycles. The van der Waals surface area contributed by atoms with Crippen LogP contribution in [0.15, 0.2) is 58.8 Å². The van der Waals surface area contributed by atoms with E-state index in [4.69, 9.17) is 4.98 Å². The van der Waals surface area contributed by atoms with E-state index in [-0.39, 0.29) is 10.6 Å². The summed E-state index contributed by atoms with van der Waals surface area (Å²) in [6.45, 7) is 3.65. The highest BCUT2D eigenvalue weighted by Gasteiger charge is 2.30. The molecule has 0 unspecified atom stereocenters. The fourth-order valence-electron chi connectivity index (χ4n) is 3.29. The fraction of sp³-hybridized carbons (Fsp3) is 0.250. The molecular weight excluding hydrogens is 424 g/mol. The van der Waals surface area contributed by atoms with Crippen molar-refractivity contribution in [1.29, 1.82) is 0 Å². The number of benzene rings is 2. The van der Waals surface area contributed by atoms with Crippen LogP contribution < -0.4 is 4.90 Å². The highest BCUT2D eigenvalue weighted by Crippen LogP contribution is 2.29. The van der Waals surface area contributed by atoms with E-state index < -0.39 is 14.9 Å². The molecule has 0 bridgehead atoms. The molecule has 2 heterocycles. The Bertz CT molecular complexity index is 1170. The molecule has 2 aromatic carbocycles. The molecule has 0 amide bonds. The topological polar surface area (TPSA) is 96.7 Å². The second kappa shape index (κ2) is 8.13. The maximum atomic E-state index is 12.9. The van der Waals surface area contributed by atoms with E-state index in [0.29, 0.717) is 26.2 Å². The quantitative estimate of drug-likeness (QED) is 0.441. The predicted octanol–water partition coefficient (Wildman–Crippen LogP) is 3.54. The average molecular weight is 445 g/mol. The molecule has 30 heavy (non-hydrogen) atoms. The lowest BCUT2D eigenvalue weighted by molar-refractivity contribution is -0.385. The van der Waals surface area contributed by atoms with Crippen LogP contribution in [-0.4, -0.2) is 48.8 Å². The number of anilines is 1. The molecule has 1 aliphatic rings. The van der Waals surface area contributed by atoms with E-state index in [1.165, 1.54) is 39.4 Å². The standard InChI is InChI=1S/C20H20N4O4S2/c1-15-5-7-16(8-6-15)19-14-29-20(21-19)22-9-11-23(12-10-22)30(27,28)18-4-2-3-17(13-18)24(25)26/h2-8,13-14H,9-12H2,1H3. The third-order valence-electron chi connectivity index (χ3n) is 5.01. The number of nitrogens with zero attached hydrogens (tertiary/aromatic N) is 4. The van der Waals surface area contributed by atoms with Crippen LogP contribution in [0, 0.1) is 17.0 Å². The SMILES string of the molecule is Cc1ccc(-c2csc(N3CCN(S(=O)(=O)c4cccc([N+](=O)[O-])c4)CC3)n2)cc1. The lowest BCUT2D eigenvalue weighted by Crippen LogP contribution is -2.48. The normalized spacial score (nSPS) is 15.3. The van der Waals surface area contributed by atoms with Crippen LogP contribution in [0.25, 0.3) is 11.3 Å². The third kappa shape index (κ3) is 4.07. The molecule has 1 saturated heterocycles. The first kappa shape index (κ1) is 20.5. The first-order valence-electron chi connectivity index (χ1n) is 9.37. The molecule has 10 heteroatoms. The van der Waals surface area contributed by atoms with Gasteiger partial charge in [-0.3, -0.25) is 10.1 Å². The van der Waals surface area contributed by atoms with E-state index in [1.807, 2.05) is 36.6 Å². The minimum atomic E-state index is -3.78. The Morgan fingerprint density at radius 3 is 2.43 bits per heavy atom. The first-order valence-corrected chi connectivity index (χ1v) is 11.7. The zero-order valence-electron chi connectivity index (χ0n) is 16.3. The summed E-state index contributed by atoms with van der Waals surface area (Å²) in [7, 11) is -3.78. The van der Waals surface area contributed by atoms with E-state index in [2.05, 4.69) is 4.90 Å². The van der Waals surface area contributed by atoms with Crippen LogP contribution in [0.3, 0.4) is 0 Å². The second-order valence-electron chi connectivity index (χ2n) is 7.03. The maximum Gasteiger partial charge on any atom is 0.270 e. The number of thiazole rings is 1. The van der Waals surface area contributed by atoms with E-state index in [0.717, 1.165) is 22.5 Å². The number of sulfonamides is 1. The number of nitro groups is 1. The van der Waals surface area contributed by atoms with E-state index >= 15 is 0 Å². The van der Waals surface area contributed by atoms with E-state index in [9.17, 15) is 18.5 Å². The Hall–Kier alpha value is -2.82. The van der Waals surface area contributed by atoms with Crippen molar-refractivity contribution in [2.45, 2.75) is 11.8 Å². The van der Waals surface area contributed by atoms with Gasteiger partial charge in [-0.15, -0.1) is 11.3 Å². The van der Waals surface area contributed by atoms with Gasteiger partial charge in [0.05, 0.1) is 15.5 Å². The van der Waals surface area contributed by atoms with Crippen molar-refractivity contribution in [3.8, 4) is 11.3 Å². The maximum absolute atomic E-state index is 12.9.